The number of carboxylic acids is 1. The zero-order valence-electron chi connectivity index (χ0n) is 12.9. The summed E-state index contributed by atoms with van der Waals surface area (Å²) in [5.41, 5.74) is 3.06. The maximum atomic E-state index is 11.0. The minimum atomic E-state index is -0.839. The van der Waals surface area contributed by atoms with Gasteiger partial charge in [0.15, 0.2) is 17.3 Å². The van der Waals surface area contributed by atoms with Gasteiger partial charge in [0.05, 0.1) is 12.0 Å². The number of benzene rings is 2. The van der Waals surface area contributed by atoms with Crippen LogP contribution >= 0.6 is 0 Å². The predicted octanol–water partition coefficient (Wildman–Crippen LogP) is 1.97. The number of carboxylic acid groups (broad SMARTS) is 1. The van der Waals surface area contributed by atoms with Gasteiger partial charge in [0.25, 0.3) is 0 Å². The fourth-order valence-corrected chi connectivity index (χ4v) is 2.76. The summed E-state index contributed by atoms with van der Waals surface area (Å²) in [6.45, 7) is 0.902. The van der Waals surface area contributed by atoms with Gasteiger partial charge < -0.3 is 10.2 Å². The van der Waals surface area contributed by atoms with Gasteiger partial charge in [-0.2, -0.15) is 0 Å². The molecule has 0 radical (unpaired) electrons. The zero-order valence-corrected chi connectivity index (χ0v) is 12.9. The molecule has 0 saturated heterocycles. The molecule has 122 valence electrons. The number of aryl methyl sites for hydroxylation is 1. The van der Waals surface area contributed by atoms with E-state index in [1.165, 1.54) is 6.07 Å². The highest BCUT2D eigenvalue weighted by atomic mass is 16.4. The summed E-state index contributed by atoms with van der Waals surface area (Å²) in [6, 6.07) is 12.7. The molecule has 0 bridgehead atoms. The number of imidazole rings is 1. The lowest BCUT2D eigenvalue weighted by Gasteiger charge is -2.02. The molecule has 2 N–H and O–H groups in total. The number of hydrogen-bond acceptors (Lipinski definition) is 3. The summed E-state index contributed by atoms with van der Waals surface area (Å²) < 4.78 is 3.91. The molecule has 3 rings (SSSR count). The molecule has 0 aliphatic rings. The van der Waals surface area contributed by atoms with Crippen LogP contribution in [0.4, 0.5) is 0 Å². The van der Waals surface area contributed by atoms with Crippen molar-refractivity contribution in [3.05, 3.63) is 59.9 Å². The quantitative estimate of drug-likeness (QED) is 0.536. The summed E-state index contributed by atoms with van der Waals surface area (Å²) in [7, 11) is 0. The molecule has 3 aromatic rings. The third kappa shape index (κ3) is 3.12. The van der Waals surface area contributed by atoms with Crippen LogP contribution in [0.15, 0.2) is 48.8 Å². The van der Waals surface area contributed by atoms with Crippen molar-refractivity contribution in [2.45, 2.75) is 19.5 Å². The third-order valence-corrected chi connectivity index (χ3v) is 3.92. The third-order valence-electron chi connectivity index (χ3n) is 3.92. The largest absolute Gasteiger partial charge is 0.507 e. The Bertz CT molecular complexity index is 915. The number of rotatable bonds is 6. The first-order chi connectivity index (χ1) is 11.6. The molecule has 0 fully saturated rings. The fourth-order valence-electron chi connectivity index (χ4n) is 2.76. The van der Waals surface area contributed by atoms with Gasteiger partial charge in [-0.15, -0.1) is 0 Å². The first-order valence-corrected chi connectivity index (χ1v) is 7.54. The number of aromatic hydroxyl groups is 1. The lowest BCUT2D eigenvalue weighted by atomic mass is 10.1. The normalized spacial score (nSPS) is 10.8. The number of carbonyl (C=O) groups excluding carboxylic acids is 1. The highest BCUT2D eigenvalue weighted by molar-refractivity contribution is 5.79. The summed E-state index contributed by atoms with van der Waals surface area (Å²) in [5.74, 6) is -0.879. The van der Waals surface area contributed by atoms with Crippen LogP contribution in [-0.4, -0.2) is 27.0 Å². The minimum Gasteiger partial charge on any atom is -0.507 e. The molecule has 0 amide bonds. The Hall–Kier alpha value is -3.15. The van der Waals surface area contributed by atoms with Gasteiger partial charge in [-0.05, 0) is 29.8 Å². The SMILES string of the molecule is O=Cc1cc(C[n+]2cn(CCC(=O)O)c3ccccc32)ccc1O. The molecule has 0 saturated carbocycles. The Balaban J connectivity index is 1.97. The number of aliphatic carboxylic acids is 1. The zero-order chi connectivity index (χ0) is 17.1. The van der Waals surface area contributed by atoms with Crippen LogP contribution < -0.4 is 4.57 Å². The number of fused-ring (bicyclic) bond motifs is 1. The van der Waals surface area contributed by atoms with E-state index in [0.29, 0.717) is 19.4 Å². The van der Waals surface area contributed by atoms with E-state index in [2.05, 4.69) is 0 Å². The molecule has 6 nitrogen and oxygen atoms in total. The molecule has 0 atom stereocenters. The predicted molar refractivity (Wildman–Crippen MR) is 87.0 cm³/mol. The first-order valence-electron chi connectivity index (χ1n) is 7.54. The second-order valence-corrected chi connectivity index (χ2v) is 5.58. The summed E-state index contributed by atoms with van der Waals surface area (Å²) >= 11 is 0. The van der Waals surface area contributed by atoms with Gasteiger partial charge in [-0.3, -0.25) is 9.59 Å². The Labute approximate surface area is 138 Å². The van der Waals surface area contributed by atoms with E-state index in [-0.39, 0.29) is 17.7 Å². The van der Waals surface area contributed by atoms with Crippen LogP contribution in [0, 0.1) is 0 Å². The number of phenols is 1. The molecular weight excluding hydrogens is 308 g/mol. The average molecular weight is 325 g/mol. The molecule has 0 aliphatic heterocycles. The van der Waals surface area contributed by atoms with Crippen LogP contribution in [0.2, 0.25) is 0 Å². The van der Waals surface area contributed by atoms with Crippen LogP contribution in [-0.2, 0) is 17.9 Å². The number of carbonyl (C=O) groups is 2. The lowest BCUT2D eigenvalue weighted by Crippen LogP contribution is -2.32. The molecule has 1 heterocycles. The highest BCUT2D eigenvalue weighted by Crippen LogP contribution is 2.17. The second kappa shape index (κ2) is 6.54. The Morgan fingerprint density at radius 1 is 1.21 bits per heavy atom. The smallest absolute Gasteiger partial charge is 0.307 e. The lowest BCUT2D eigenvalue weighted by molar-refractivity contribution is -0.663. The molecule has 24 heavy (non-hydrogen) atoms. The molecule has 2 aromatic carbocycles. The highest BCUT2D eigenvalue weighted by Gasteiger charge is 2.16. The summed E-state index contributed by atoms with van der Waals surface area (Å²) in [6.07, 6.45) is 2.55. The molecule has 1 aromatic heterocycles. The van der Waals surface area contributed by atoms with Crippen LogP contribution in [0.25, 0.3) is 11.0 Å². The van der Waals surface area contributed by atoms with Gasteiger partial charge in [0.1, 0.15) is 18.8 Å². The Morgan fingerprint density at radius 3 is 2.75 bits per heavy atom. The number of para-hydroxylation sites is 2. The van der Waals surface area contributed by atoms with Crippen LogP contribution in [0.3, 0.4) is 0 Å². The molecule has 0 unspecified atom stereocenters. The fraction of sp³-hybridized carbons (Fsp3) is 0.167. The number of aromatic nitrogens is 2. The van der Waals surface area contributed by atoms with Gasteiger partial charge >= 0.3 is 5.97 Å². The maximum Gasteiger partial charge on any atom is 0.307 e. The monoisotopic (exact) mass is 325 g/mol. The van der Waals surface area contributed by atoms with Gasteiger partial charge in [-0.1, -0.05) is 18.2 Å². The van der Waals surface area contributed by atoms with Crippen molar-refractivity contribution in [1.29, 1.82) is 0 Å². The van der Waals surface area contributed by atoms with Crippen molar-refractivity contribution in [2.75, 3.05) is 0 Å². The summed E-state index contributed by atoms with van der Waals surface area (Å²) in [4.78, 5) is 21.8. The van der Waals surface area contributed by atoms with E-state index in [0.717, 1.165) is 16.6 Å². The maximum absolute atomic E-state index is 11.0. The first kappa shape index (κ1) is 15.7. The number of phenolic OH excluding ortho intramolecular Hbond substituents is 1. The molecule has 0 spiro atoms. The average Bonchev–Trinajstić information content (AvgIpc) is 2.93. The van der Waals surface area contributed by atoms with Crippen LogP contribution in [0.1, 0.15) is 22.3 Å². The van der Waals surface area contributed by atoms with Crippen molar-refractivity contribution in [3.63, 3.8) is 0 Å². The van der Waals surface area contributed by atoms with E-state index in [1.807, 2.05) is 39.7 Å². The second-order valence-electron chi connectivity index (χ2n) is 5.58. The van der Waals surface area contributed by atoms with E-state index < -0.39 is 5.97 Å². The molecular formula is C18H17N2O4+. The van der Waals surface area contributed by atoms with E-state index in [4.69, 9.17) is 5.11 Å². The van der Waals surface area contributed by atoms with Crippen LogP contribution in [0.5, 0.6) is 5.75 Å². The van der Waals surface area contributed by atoms with Crippen molar-refractivity contribution in [1.82, 2.24) is 4.57 Å². The number of aldehydes is 1. The van der Waals surface area contributed by atoms with Gasteiger partial charge in [0, 0.05) is 0 Å². The van der Waals surface area contributed by atoms with Crippen molar-refractivity contribution in [3.8, 4) is 5.75 Å². The van der Waals surface area contributed by atoms with E-state index in [1.54, 1.807) is 12.1 Å². The van der Waals surface area contributed by atoms with Crippen molar-refractivity contribution < 1.29 is 24.4 Å². The van der Waals surface area contributed by atoms with E-state index >= 15 is 0 Å². The molecule has 0 aliphatic carbocycles. The number of hydrogen-bond donors (Lipinski definition) is 2. The number of nitrogens with zero attached hydrogens (tertiary/aromatic N) is 2. The summed E-state index contributed by atoms with van der Waals surface area (Å²) in [5, 5.41) is 18.5. The standard InChI is InChI=1S/C18H16N2O4/c21-11-14-9-13(5-6-17(14)22)10-20-12-19(8-7-18(23)24)15-3-1-2-4-16(15)20/h1-6,9,11-12H,7-8,10H2,(H-,21,22,23,24)/p+1. The Kier molecular flexibility index (Phi) is 4.29. The van der Waals surface area contributed by atoms with Gasteiger partial charge in [0.2, 0.25) is 6.33 Å². The van der Waals surface area contributed by atoms with E-state index in [9.17, 15) is 14.7 Å². The minimum absolute atomic E-state index is 0.0392. The topological polar surface area (TPSA) is 83.4 Å². The Morgan fingerprint density at radius 2 is 2.00 bits per heavy atom. The molecule has 6 heteroatoms. The van der Waals surface area contributed by atoms with Crippen molar-refractivity contribution >= 4 is 23.3 Å². The van der Waals surface area contributed by atoms with Crippen molar-refractivity contribution in [2.24, 2.45) is 0 Å². The van der Waals surface area contributed by atoms with Gasteiger partial charge in [-0.25, -0.2) is 9.13 Å².